The Balaban J connectivity index is 1.51. The molecule has 0 saturated carbocycles. The molecule has 0 radical (unpaired) electrons. The molecule has 2 aliphatic rings. The fourth-order valence-electron chi connectivity index (χ4n) is 3.81. The third-order valence-corrected chi connectivity index (χ3v) is 5.15. The second kappa shape index (κ2) is 6.80. The second-order valence-electron chi connectivity index (χ2n) is 6.88. The van der Waals surface area contributed by atoms with E-state index < -0.39 is 0 Å². The molecular formula is C18H29N3. The van der Waals surface area contributed by atoms with Crippen molar-refractivity contribution in [3.05, 3.63) is 30.3 Å². The Kier molecular flexibility index (Phi) is 4.81. The highest BCUT2D eigenvalue weighted by molar-refractivity contribution is 5.47. The van der Waals surface area contributed by atoms with Gasteiger partial charge >= 0.3 is 0 Å². The van der Waals surface area contributed by atoms with Crippen LogP contribution in [-0.2, 0) is 0 Å². The lowest BCUT2D eigenvalue weighted by Crippen LogP contribution is -2.53. The van der Waals surface area contributed by atoms with Crippen LogP contribution in [-0.4, -0.2) is 62.2 Å². The van der Waals surface area contributed by atoms with Gasteiger partial charge in [-0.2, -0.15) is 0 Å². The molecule has 116 valence electrons. The minimum atomic E-state index is 0.618. The molecule has 3 rings (SSSR count). The Morgan fingerprint density at radius 2 is 1.71 bits per heavy atom. The maximum absolute atomic E-state index is 2.69. The molecule has 1 aromatic rings. The number of piperidine rings is 1. The van der Waals surface area contributed by atoms with Gasteiger partial charge in [-0.25, -0.2) is 0 Å². The predicted molar refractivity (Wildman–Crippen MR) is 89.9 cm³/mol. The Hall–Kier alpha value is -1.06. The van der Waals surface area contributed by atoms with Gasteiger partial charge in [-0.3, -0.25) is 4.90 Å². The number of likely N-dealkylation sites (tertiary alicyclic amines) is 1. The van der Waals surface area contributed by atoms with Crippen molar-refractivity contribution in [2.75, 3.05) is 51.2 Å². The number of rotatable bonds is 3. The fourth-order valence-corrected chi connectivity index (χ4v) is 3.81. The standard InChI is InChI=1S/C18H29N3/c1-16-14-20(15-17-8-10-19(2)11-9-17)12-13-21(16)18-6-4-3-5-7-18/h3-7,16-17H,8-15H2,1-2H3. The minimum absolute atomic E-state index is 0.618. The quantitative estimate of drug-likeness (QED) is 0.846. The van der Waals surface area contributed by atoms with Crippen molar-refractivity contribution in [2.45, 2.75) is 25.8 Å². The minimum Gasteiger partial charge on any atom is -0.366 e. The molecule has 0 N–H and O–H groups in total. The van der Waals surface area contributed by atoms with E-state index in [1.54, 1.807) is 0 Å². The van der Waals surface area contributed by atoms with E-state index in [1.165, 1.54) is 51.3 Å². The summed E-state index contributed by atoms with van der Waals surface area (Å²) in [6.45, 7) is 9.83. The molecule has 1 atom stereocenters. The van der Waals surface area contributed by atoms with Crippen LogP contribution in [0, 0.1) is 5.92 Å². The Morgan fingerprint density at radius 3 is 2.38 bits per heavy atom. The number of para-hydroxylation sites is 1. The zero-order chi connectivity index (χ0) is 14.7. The molecular weight excluding hydrogens is 258 g/mol. The molecule has 1 unspecified atom stereocenters. The molecule has 2 aliphatic heterocycles. The van der Waals surface area contributed by atoms with E-state index in [1.807, 2.05) is 0 Å². The molecule has 3 nitrogen and oxygen atoms in total. The fraction of sp³-hybridized carbons (Fsp3) is 0.667. The number of anilines is 1. The van der Waals surface area contributed by atoms with Crippen molar-refractivity contribution < 1.29 is 0 Å². The average molecular weight is 287 g/mol. The van der Waals surface area contributed by atoms with Crippen LogP contribution in [0.15, 0.2) is 30.3 Å². The maximum Gasteiger partial charge on any atom is 0.0389 e. The smallest absolute Gasteiger partial charge is 0.0389 e. The molecule has 0 bridgehead atoms. The maximum atomic E-state index is 2.69. The van der Waals surface area contributed by atoms with Crippen molar-refractivity contribution in [3.63, 3.8) is 0 Å². The molecule has 2 heterocycles. The van der Waals surface area contributed by atoms with E-state index in [4.69, 9.17) is 0 Å². The van der Waals surface area contributed by atoms with Crippen molar-refractivity contribution in [2.24, 2.45) is 5.92 Å². The Labute approximate surface area is 129 Å². The van der Waals surface area contributed by atoms with E-state index in [0.717, 1.165) is 12.5 Å². The van der Waals surface area contributed by atoms with Gasteiger partial charge in [-0.1, -0.05) is 18.2 Å². The monoisotopic (exact) mass is 287 g/mol. The number of piperazine rings is 1. The first-order valence-corrected chi connectivity index (χ1v) is 8.45. The number of benzene rings is 1. The third kappa shape index (κ3) is 3.78. The highest BCUT2D eigenvalue weighted by atomic mass is 15.3. The molecule has 0 aliphatic carbocycles. The summed E-state index contributed by atoms with van der Waals surface area (Å²) in [6.07, 6.45) is 2.76. The predicted octanol–water partition coefficient (Wildman–Crippen LogP) is 2.54. The zero-order valence-electron chi connectivity index (χ0n) is 13.5. The highest BCUT2D eigenvalue weighted by Gasteiger charge is 2.26. The second-order valence-corrected chi connectivity index (χ2v) is 6.88. The lowest BCUT2D eigenvalue weighted by atomic mass is 9.96. The summed E-state index contributed by atoms with van der Waals surface area (Å²) in [5, 5.41) is 0. The van der Waals surface area contributed by atoms with Crippen LogP contribution in [0.4, 0.5) is 5.69 Å². The molecule has 0 aromatic heterocycles. The average Bonchev–Trinajstić information content (AvgIpc) is 2.51. The summed E-state index contributed by atoms with van der Waals surface area (Å²) in [6, 6.07) is 11.5. The first kappa shape index (κ1) is 14.9. The molecule has 3 heteroatoms. The number of nitrogens with zero attached hydrogens (tertiary/aromatic N) is 3. The van der Waals surface area contributed by atoms with E-state index in [9.17, 15) is 0 Å². The van der Waals surface area contributed by atoms with Crippen LogP contribution < -0.4 is 4.90 Å². The molecule has 2 fully saturated rings. The van der Waals surface area contributed by atoms with Gasteiger partial charge in [0.25, 0.3) is 0 Å². The molecule has 0 spiro atoms. The van der Waals surface area contributed by atoms with Crippen LogP contribution in [0.2, 0.25) is 0 Å². The third-order valence-electron chi connectivity index (χ3n) is 5.15. The van der Waals surface area contributed by atoms with E-state index >= 15 is 0 Å². The van der Waals surface area contributed by atoms with Crippen LogP contribution in [0.3, 0.4) is 0 Å². The van der Waals surface area contributed by atoms with Gasteiger partial charge in [0.1, 0.15) is 0 Å². The molecule has 21 heavy (non-hydrogen) atoms. The van der Waals surface area contributed by atoms with Crippen LogP contribution in [0.25, 0.3) is 0 Å². The van der Waals surface area contributed by atoms with Gasteiger partial charge in [-0.05, 0) is 58.0 Å². The number of hydrogen-bond donors (Lipinski definition) is 0. The first-order chi connectivity index (χ1) is 10.2. The largest absolute Gasteiger partial charge is 0.366 e. The topological polar surface area (TPSA) is 9.72 Å². The normalized spacial score (nSPS) is 26.2. The van der Waals surface area contributed by atoms with Crippen molar-refractivity contribution in [3.8, 4) is 0 Å². The zero-order valence-corrected chi connectivity index (χ0v) is 13.5. The van der Waals surface area contributed by atoms with Crippen molar-refractivity contribution in [1.82, 2.24) is 9.80 Å². The Morgan fingerprint density at radius 1 is 1.00 bits per heavy atom. The van der Waals surface area contributed by atoms with Crippen LogP contribution in [0.1, 0.15) is 19.8 Å². The lowest BCUT2D eigenvalue weighted by molar-refractivity contribution is 0.146. The van der Waals surface area contributed by atoms with Gasteiger partial charge in [0.05, 0.1) is 0 Å². The highest BCUT2D eigenvalue weighted by Crippen LogP contribution is 2.22. The summed E-state index contributed by atoms with van der Waals surface area (Å²) >= 11 is 0. The van der Waals surface area contributed by atoms with E-state index in [0.29, 0.717) is 6.04 Å². The van der Waals surface area contributed by atoms with Gasteiger partial charge in [0.15, 0.2) is 0 Å². The summed E-state index contributed by atoms with van der Waals surface area (Å²) < 4.78 is 0. The van der Waals surface area contributed by atoms with Gasteiger partial charge in [-0.15, -0.1) is 0 Å². The van der Waals surface area contributed by atoms with E-state index in [-0.39, 0.29) is 0 Å². The van der Waals surface area contributed by atoms with Crippen LogP contribution in [0.5, 0.6) is 0 Å². The Bertz CT molecular complexity index is 425. The lowest BCUT2D eigenvalue weighted by Gasteiger charge is -2.43. The SMILES string of the molecule is CC1CN(CC2CCN(C)CC2)CCN1c1ccccc1. The summed E-state index contributed by atoms with van der Waals surface area (Å²) in [7, 11) is 2.25. The van der Waals surface area contributed by atoms with E-state index in [2.05, 4.69) is 59.0 Å². The van der Waals surface area contributed by atoms with Crippen molar-refractivity contribution in [1.29, 1.82) is 0 Å². The summed E-state index contributed by atoms with van der Waals surface area (Å²) in [5.41, 5.74) is 1.38. The van der Waals surface area contributed by atoms with Crippen LogP contribution >= 0.6 is 0 Å². The molecule has 1 aromatic carbocycles. The molecule has 2 saturated heterocycles. The van der Waals surface area contributed by atoms with Gasteiger partial charge < -0.3 is 9.80 Å². The summed E-state index contributed by atoms with van der Waals surface area (Å²) in [5.74, 6) is 0.914. The van der Waals surface area contributed by atoms with Gasteiger partial charge in [0.2, 0.25) is 0 Å². The number of hydrogen-bond acceptors (Lipinski definition) is 3. The van der Waals surface area contributed by atoms with Crippen molar-refractivity contribution >= 4 is 5.69 Å². The summed E-state index contributed by atoms with van der Waals surface area (Å²) in [4.78, 5) is 7.72. The first-order valence-electron chi connectivity index (χ1n) is 8.45. The molecule has 0 amide bonds. The van der Waals surface area contributed by atoms with Gasteiger partial charge in [0, 0.05) is 37.9 Å².